The van der Waals surface area contributed by atoms with Gasteiger partial charge in [-0.1, -0.05) is 78.1 Å². The van der Waals surface area contributed by atoms with Crippen LogP contribution in [0.15, 0.2) is 116 Å². The Morgan fingerprint density at radius 3 is 1.17 bits per heavy atom. The van der Waals surface area contributed by atoms with Crippen LogP contribution in [0.25, 0.3) is 11.1 Å². The molecule has 4 rings (SSSR count). The summed E-state index contributed by atoms with van der Waals surface area (Å²) in [6.07, 6.45) is -7.89. The van der Waals surface area contributed by atoms with Crippen molar-refractivity contribution in [1.82, 2.24) is 0 Å². The molecule has 0 saturated carbocycles. The molecule has 0 radical (unpaired) electrons. The Morgan fingerprint density at radius 1 is 0.472 bits per heavy atom. The first-order valence-corrected chi connectivity index (χ1v) is 17.1. The molecule has 0 bridgehead atoms. The average Bonchev–Trinajstić information content (AvgIpc) is 3.55. The van der Waals surface area contributed by atoms with Crippen LogP contribution in [0.3, 0.4) is 0 Å². The summed E-state index contributed by atoms with van der Waals surface area (Å²) < 4.78 is 245. The molecule has 3 aromatic carbocycles. The molecule has 0 aliphatic rings. The van der Waals surface area contributed by atoms with E-state index in [4.69, 9.17) is 0 Å². The van der Waals surface area contributed by atoms with Gasteiger partial charge in [0.15, 0.2) is 19.9 Å². The zero-order chi connectivity index (χ0) is 40.7. The monoisotopic (exact) mass is 844 g/mol. The molecule has 0 aliphatic heterocycles. The summed E-state index contributed by atoms with van der Waals surface area (Å²) in [5.74, 6) is -52.1. The minimum atomic E-state index is -8.92. The Balaban J connectivity index is 0.000000288. The Kier molecular flexibility index (Phi) is 12.1. The van der Waals surface area contributed by atoms with Gasteiger partial charge < -0.3 is 4.55 Å². The van der Waals surface area contributed by atoms with Crippen LogP contribution in [0, 0.1) is 0 Å². The third kappa shape index (κ3) is 7.57. The summed E-state index contributed by atoms with van der Waals surface area (Å²) in [5, 5.41) is -5.68. The molecular formula is C30H17F17O3S3. The fraction of sp³-hybridized carbons (Fsp3) is 0.267. The van der Waals surface area contributed by atoms with E-state index in [9.17, 15) is 87.6 Å². The maximum atomic E-state index is 13.0. The van der Waals surface area contributed by atoms with Crippen molar-refractivity contribution in [2.24, 2.45) is 0 Å². The number of hydrogen-bond acceptors (Lipinski definition) is 4. The lowest BCUT2D eigenvalue weighted by atomic mass is 9.91. The highest BCUT2D eigenvalue weighted by Gasteiger charge is 2.95. The second kappa shape index (κ2) is 14.6. The average molecular weight is 845 g/mol. The van der Waals surface area contributed by atoms with E-state index in [1.807, 2.05) is 11.3 Å². The van der Waals surface area contributed by atoms with Crippen molar-refractivity contribution in [1.29, 1.82) is 0 Å². The summed E-state index contributed by atoms with van der Waals surface area (Å²) >= 11 is 1.85. The molecule has 0 unspecified atom stereocenters. The minimum absolute atomic E-state index is 0.0491. The lowest BCUT2D eigenvalue weighted by molar-refractivity contribution is -0.458. The van der Waals surface area contributed by atoms with Crippen LogP contribution in [-0.4, -0.2) is 59.9 Å². The maximum Gasteiger partial charge on any atom is 0.460 e. The Hall–Kier alpha value is -3.57. The van der Waals surface area contributed by atoms with Gasteiger partial charge in [0.2, 0.25) is 4.21 Å². The largest absolute Gasteiger partial charge is 0.743 e. The molecule has 0 spiro atoms. The van der Waals surface area contributed by atoms with E-state index in [-0.39, 0.29) is 10.9 Å². The molecular weight excluding hydrogens is 827 g/mol. The predicted octanol–water partition coefficient (Wildman–Crippen LogP) is 11.0. The van der Waals surface area contributed by atoms with Crippen LogP contribution >= 0.6 is 11.3 Å². The summed E-state index contributed by atoms with van der Waals surface area (Å²) in [4.78, 5) is 2.73. The molecule has 53 heavy (non-hydrogen) atoms. The van der Waals surface area contributed by atoms with Gasteiger partial charge in [0.25, 0.3) is 0 Å². The first-order valence-electron chi connectivity index (χ1n) is 13.6. The van der Waals surface area contributed by atoms with Gasteiger partial charge in [0, 0.05) is 11.4 Å². The highest BCUT2D eigenvalue weighted by Crippen LogP contribution is 2.64. The van der Waals surface area contributed by atoms with E-state index in [0.717, 1.165) is 0 Å². The van der Waals surface area contributed by atoms with E-state index in [1.165, 1.54) is 25.1 Å². The molecule has 1 heterocycles. The second-order valence-electron chi connectivity index (χ2n) is 10.4. The second-order valence-corrected chi connectivity index (χ2v) is 15.0. The van der Waals surface area contributed by atoms with Crippen molar-refractivity contribution < 1.29 is 87.6 Å². The predicted molar refractivity (Wildman–Crippen MR) is 155 cm³/mol. The molecule has 0 fully saturated rings. The standard InChI is InChI=1S/C22H17S2.C8HF17O3S/c1-4-10-18(11-5-1)19-16-22(23-17-19)24(20-12-6-2-7-13-20)21-14-8-3-9-15-21;9-1(10,3(13,14)5(17,18)7(21,22)23)2(11,12)4(15,16)6(19,20)8(24,25)29(26,27)28/h1-17H;(H,26,27,28)/q+1;/p-1. The normalized spacial score (nSPS) is 14.2. The Morgan fingerprint density at radius 2 is 0.811 bits per heavy atom. The minimum Gasteiger partial charge on any atom is -0.743 e. The first kappa shape index (κ1) is 43.8. The number of benzene rings is 3. The van der Waals surface area contributed by atoms with E-state index < -0.39 is 57.1 Å². The number of thiophene rings is 1. The van der Waals surface area contributed by atoms with Crippen LogP contribution in [0.2, 0.25) is 0 Å². The van der Waals surface area contributed by atoms with Crippen LogP contribution in [-0.2, 0) is 21.0 Å². The molecule has 1 aromatic heterocycles. The van der Waals surface area contributed by atoms with Crippen molar-refractivity contribution in [2.45, 2.75) is 61.0 Å². The topological polar surface area (TPSA) is 57.2 Å². The lowest BCUT2D eigenvalue weighted by Gasteiger charge is -2.42. The van der Waals surface area contributed by atoms with Crippen molar-refractivity contribution in [2.75, 3.05) is 0 Å². The van der Waals surface area contributed by atoms with E-state index in [1.54, 1.807) is 0 Å². The number of hydrogen-bond donors (Lipinski definition) is 0. The van der Waals surface area contributed by atoms with Crippen LogP contribution in [0.5, 0.6) is 0 Å². The summed E-state index contributed by atoms with van der Waals surface area (Å²) in [5.41, 5.74) is 2.59. The third-order valence-corrected chi connectivity index (χ3v) is 11.3. The highest BCUT2D eigenvalue weighted by atomic mass is 32.2. The SMILES string of the molecule is O=S(=O)([O-])C(F)(F)C(F)(F)C(F)(F)C(F)(F)C(F)(F)C(F)(F)C(F)(F)C(F)(F)F.c1ccc(-c2csc([S+](c3ccccc3)c3ccccc3)c2)cc1. The first-order chi connectivity index (χ1) is 23.9. The fourth-order valence-electron chi connectivity index (χ4n) is 3.99. The third-order valence-electron chi connectivity index (χ3n) is 6.85. The van der Waals surface area contributed by atoms with Gasteiger partial charge in [0.1, 0.15) is 10.9 Å². The van der Waals surface area contributed by atoms with Crippen molar-refractivity contribution in [3.8, 4) is 11.1 Å². The van der Waals surface area contributed by atoms with Gasteiger partial charge in [0.05, 0.1) is 0 Å². The zero-order valence-corrected chi connectivity index (χ0v) is 27.6. The highest BCUT2D eigenvalue weighted by molar-refractivity contribution is 7.98. The fourth-order valence-corrected chi connectivity index (χ4v) is 8.02. The van der Waals surface area contributed by atoms with Crippen LogP contribution in [0.1, 0.15) is 0 Å². The van der Waals surface area contributed by atoms with Crippen LogP contribution < -0.4 is 0 Å². The van der Waals surface area contributed by atoms with Gasteiger partial charge in [-0.3, -0.25) is 0 Å². The molecule has 4 aromatic rings. The molecule has 0 amide bonds. The molecule has 0 atom stereocenters. The van der Waals surface area contributed by atoms with Gasteiger partial charge in [-0.25, -0.2) is 8.42 Å². The maximum absolute atomic E-state index is 13.0. The van der Waals surface area contributed by atoms with Gasteiger partial charge in [-0.05, 0) is 35.4 Å². The molecule has 3 nitrogen and oxygen atoms in total. The van der Waals surface area contributed by atoms with Gasteiger partial charge in [-0.15, -0.1) is 0 Å². The molecule has 292 valence electrons. The van der Waals surface area contributed by atoms with Crippen LogP contribution in [0.4, 0.5) is 74.6 Å². The summed E-state index contributed by atoms with van der Waals surface area (Å²) in [7, 11) is -8.19. The summed E-state index contributed by atoms with van der Waals surface area (Å²) in [6.45, 7) is 0. The smallest absolute Gasteiger partial charge is 0.460 e. The van der Waals surface area contributed by atoms with Crippen molar-refractivity contribution >= 4 is 32.3 Å². The number of halogens is 17. The Bertz CT molecular complexity index is 1890. The van der Waals surface area contributed by atoms with E-state index >= 15 is 0 Å². The van der Waals surface area contributed by atoms with E-state index in [2.05, 4.69) is 102 Å². The van der Waals surface area contributed by atoms with Crippen molar-refractivity contribution in [3.63, 3.8) is 0 Å². The molecule has 0 aliphatic carbocycles. The van der Waals surface area contributed by atoms with Gasteiger partial charge in [-0.2, -0.15) is 74.6 Å². The molecule has 23 heteroatoms. The number of alkyl halides is 17. The zero-order valence-electron chi connectivity index (χ0n) is 25.2. The van der Waals surface area contributed by atoms with E-state index in [0.29, 0.717) is 0 Å². The lowest BCUT2D eigenvalue weighted by Crippen LogP contribution is -2.75. The molecule has 0 saturated heterocycles. The van der Waals surface area contributed by atoms with Crippen molar-refractivity contribution in [3.05, 3.63) is 102 Å². The summed E-state index contributed by atoms with van der Waals surface area (Å²) in [6, 6.07) is 34.6. The Labute approximate surface area is 294 Å². The van der Waals surface area contributed by atoms with Gasteiger partial charge >= 0.3 is 47.0 Å². The quantitative estimate of drug-likeness (QED) is 0.0858. The molecule has 0 N–H and O–H groups in total. The number of rotatable bonds is 11.